The minimum atomic E-state index is -0.970. The van der Waals surface area contributed by atoms with Crippen molar-refractivity contribution in [3.05, 3.63) is 82.4 Å². The van der Waals surface area contributed by atoms with Gasteiger partial charge >= 0.3 is 17.8 Å². The Hall–Kier alpha value is -4.77. The summed E-state index contributed by atoms with van der Waals surface area (Å²) in [5.41, 5.74) is 6.44. The number of hydrazone groups is 1. The van der Waals surface area contributed by atoms with Crippen LogP contribution >= 0.6 is 11.3 Å². The van der Waals surface area contributed by atoms with Crippen molar-refractivity contribution in [1.82, 2.24) is 15.2 Å². The van der Waals surface area contributed by atoms with E-state index in [9.17, 15) is 14.4 Å². The standard InChI is InChI=1S/C31H31N5O5S/c1-4-41-31(39)26-24-15-10-19(2)16-25(24)42-30(26)33-28(37)29(38)34-32-17-21-18-36(22-8-6-5-7-9-22)35-27(21)20-11-13-23(40-3)14-12-20/h5-9,11-14,17-19H,4,10,15-16H2,1-3H3,(H,33,37)(H,34,38)/b32-17-/t19-/m1/s1. The summed E-state index contributed by atoms with van der Waals surface area (Å²) in [6.07, 6.45) is 5.70. The van der Waals surface area contributed by atoms with Crippen LogP contribution in [0.15, 0.2) is 65.9 Å². The first-order chi connectivity index (χ1) is 20.4. The molecule has 10 nitrogen and oxygen atoms in total. The van der Waals surface area contributed by atoms with E-state index in [1.807, 2.05) is 54.6 Å². The van der Waals surface area contributed by atoms with Gasteiger partial charge in [0.15, 0.2) is 0 Å². The van der Waals surface area contributed by atoms with E-state index in [0.717, 1.165) is 41.0 Å². The van der Waals surface area contributed by atoms with E-state index in [2.05, 4.69) is 22.8 Å². The van der Waals surface area contributed by atoms with E-state index < -0.39 is 17.8 Å². The van der Waals surface area contributed by atoms with Crippen LogP contribution in [0.2, 0.25) is 0 Å². The summed E-state index contributed by atoms with van der Waals surface area (Å²) in [5, 5.41) is 11.7. The number of benzene rings is 2. The number of hydrogen-bond donors (Lipinski definition) is 2. The van der Waals surface area contributed by atoms with Gasteiger partial charge in [-0.1, -0.05) is 25.1 Å². The number of aromatic nitrogens is 2. The maximum atomic E-state index is 12.8. The van der Waals surface area contributed by atoms with Crippen LogP contribution in [-0.4, -0.2) is 47.5 Å². The van der Waals surface area contributed by atoms with E-state index in [0.29, 0.717) is 33.5 Å². The largest absolute Gasteiger partial charge is 0.497 e. The zero-order valence-corrected chi connectivity index (χ0v) is 24.4. The van der Waals surface area contributed by atoms with Gasteiger partial charge in [0.25, 0.3) is 0 Å². The first-order valence-corrected chi connectivity index (χ1v) is 14.4. The second kappa shape index (κ2) is 12.8. The number of nitrogens with one attached hydrogen (secondary N) is 2. The monoisotopic (exact) mass is 585 g/mol. The predicted octanol–water partition coefficient (Wildman–Crippen LogP) is 5.00. The Labute approximate surface area is 247 Å². The third kappa shape index (κ3) is 6.26. The van der Waals surface area contributed by atoms with Crippen molar-refractivity contribution in [2.24, 2.45) is 11.0 Å². The number of thiophene rings is 1. The van der Waals surface area contributed by atoms with Gasteiger partial charge in [0.1, 0.15) is 16.4 Å². The van der Waals surface area contributed by atoms with Gasteiger partial charge in [0.05, 0.1) is 31.2 Å². The third-order valence-corrected chi connectivity index (χ3v) is 8.09. The molecule has 42 heavy (non-hydrogen) atoms. The smallest absolute Gasteiger partial charge is 0.341 e. The van der Waals surface area contributed by atoms with Gasteiger partial charge in [-0.2, -0.15) is 10.2 Å². The van der Waals surface area contributed by atoms with Crippen LogP contribution in [0.4, 0.5) is 5.00 Å². The van der Waals surface area contributed by atoms with E-state index >= 15 is 0 Å². The number of nitrogens with zero attached hydrogens (tertiary/aromatic N) is 3. The summed E-state index contributed by atoms with van der Waals surface area (Å²) >= 11 is 1.32. The second-order valence-electron chi connectivity index (χ2n) is 9.87. The van der Waals surface area contributed by atoms with E-state index in [1.54, 1.807) is 24.9 Å². The summed E-state index contributed by atoms with van der Waals surface area (Å²) in [4.78, 5) is 39.3. The summed E-state index contributed by atoms with van der Waals surface area (Å²) in [6, 6.07) is 17.0. The number of carbonyl (C=O) groups is 3. The zero-order valence-electron chi connectivity index (χ0n) is 23.5. The molecule has 1 aliphatic carbocycles. The number of fused-ring (bicyclic) bond motifs is 1. The van der Waals surface area contributed by atoms with Crippen molar-refractivity contribution in [3.63, 3.8) is 0 Å². The molecule has 0 unspecified atom stereocenters. The van der Waals surface area contributed by atoms with Crippen molar-refractivity contribution >= 4 is 40.3 Å². The maximum Gasteiger partial charge on any atom is 0.341 e. The number of hydrogen-bond acceptors (Lipinski definition) is 8. The van der Waals surface area contributed by atoms with Gasteiger partial charge in [0, 0.05) is 22.2 Å². The van der Waals surface area contributed by atoms with Crippen molar-refractivity contribution in [3.8, 4) is 22.7 Å². The molecule has 11 heteroatoms. The van der Waals surface area contributed by atoms with Crippen LogP contribution < -0.4 is 15.5 Å². The van der Waals surface area contributed by atoms with E-state index in [4.69, 9.17) is 14.6 Å². The van der Waals surface area contributed by atoms with E-state index in [1.165, 1.54) is 17.6 Å². The molecule has 2 N–H and O–H groups in total. The molecule has 1 aliphatic rings. The number of para-hydroxylation sites is 1. The number of rotatable bonds is 8. The predicted molar refractivity (Wildman–Crippen MR) is 161 cm³/mol. The highest BCUT2D eigenvalue weighted by molar-refractivity contribution is 7.17. The van der Waals surface area contributed by atoms with Crippen molar-refractivity contribution in [2.75, 3.05) is 19.0 Å². The fourth-order valence-electron chi connectivity index (χ4n) is 4.80. The SMILES string of the molecule is CCOC(=O)c1c(NC(=O)C(=O)N/N=C\c2cn(-c3ccccc3)nc2-c2ccc(OC)cc2)sc2c1CC[C@@H](C)C2. The summed E-state index contributed by atoms with van der Waals surface area (Å²) in [6.45, 7) is 4.09. The summed E-state index contributed by atoms with van der Waals surface area (Å²) < 4.78 is 12.2. The van der Waals surface area contributed by atoms with Crippen molar-refractivity contribution in [1.29, 1.82) is 0 Å². The van der Waals surface area contributed by atoms with Crippen molar-refractivity contribution in [2.45, 2.75) is 33.1 Å². The molecule has 2 heterocycles. The molecule has 2 aromatic heterocycles. The zero-order chi connectivity index (χ0) is 29.6. The van der Waals surface area contributed by atoms with Gasteiger partial charge in [-0.05, 0) is 74.1 Å². The maximum absolute atomic E-state index is 12.8. The molecular formula is C31H31N5O5S. The molecule has 0 fully saturated rings. The molecule has 0 saturated heterocycles. The minimum Gasteiger partial charge on any atom is -0.497 e. The molecule has 216 valence electrons. The Balaban J connectivity index is 1.34. The molecule has 0 saturated carbocycles. The van der Waals surface area contributed by atoms with Crippen LogP contribution in [0, 0.1) is 5.92 Å². The normalized spacial score (nSPS) is 14.3. The number of ether oxygens (including phenoxy) is 2. The summed E-state index contributed by atoms with van der Waals surface area (Å²) in [7, 11) is 1.60. The third-order valence-electron chi connectivity index (χ3n) is 6.92. The lowest BCUT2D eigenvalue weighted by atomic mass is 9.88. The van der Waals surface area contributed by atoms with Gasteiger partial charge in [0.2, 0.25) is 0 Å². The minimum absolute atomic E-state index is 0.210. The molecule has 0 aliphatic heterocycles. The Morgan fingerprint density at radius 3 is 2.60 bits per heavy atom. The highest BCUT2D eigenvalue weighted by atomic mass is 32.1. The fourth-order valence-corrected chi connectivity index (χ4v) is 6.19. The lowest BCUT2D eigenvalue weighted by molar-refractivity contribution is -0.136. The van der Waals surface area contributed by atoms with Gasteiger partial charge in [-0.15, -0.1) is 11.3 Å². The number of amides is 2. The fraction of sp³-hybridized carbons (Fsp3) is 0.258. The Morgan fingerprint density at radius 1 is 1.12 bits per heavy atom. The van der Waals surface area contributed by atoms with Crippen LogP contribution in [0.1, 0.15) is 46.6 Å². The molecule has 5 rings (SSSR count). The Morgan fingerprint density at radius 2 is 1.88 bits per heavy atom. The number of anilines is 1. The molecule has 0 bridgehead atoms. The average Bonchev–Trinajstić information content (AvgIpc) is 3.58. The van der Waals surface area contributed by atoms with Crippen LogP contribution in [0.3, 0.4) is 0 Å². The highest BCUT2D eigenvalue weighted by Gasteiger charge is 2.30. The van der Waals surface area contributed by atoms with Gasteiger partial charge < -0.3 is 14.8 Å². The Bertz CT molecular complexity index is 1630. The molecule has 2 aromatic carbocycles. The molecule has 1 atom stereocenters. The van der Waals surface area contributed by atoms with Gasteiger partial charge in [-0.3, -0.25) is 9.59 Å². The molecular weight excluding hydrogens is 554 g/mol. The first kappa shape index (κ1) is 28.7. The molecule has 0 radical (unpaired) electrons. The lowest BCUT2D eigenvalue weighted by Crippen LogP contribution is -2.32. The number of carbonyl (C=O) groups excluding carboxylic acids is 3. The second-order valence-corrected chi connectivity index (χ2v) is 11.0. The topological polar surface area (TPSA) is 124 Å². The van der Waals surface area contributed by atoms with Crippen molar-refractivity contribution < 1.29 is 23.9 Å². The first-order valence-electron chi connectivity index (χ1n) is 13.6. The lowest BCUT2D eigenvalue weighted by Gasteiger charge is -2.18. The van der Waals surface area contributed by atoms with Crippen LogP contribution in [0.25, 0.3) is 16.9 Å². The Kier molecular flexibility index (Phi) is 8.77. The number of methoxy groups -OCH3 is 1. The molecule has 2 amide bonds. The molecule has 4 aromatic rings. The van der Waals surface area contributed by atoms with Crippen LogP contribution in [-0.2, 0) is 27.2 Å². The molecule has 0 spiro atoms. The number of esters is 1. The van der Waals surface area contributed by atoms with E-state index in [-0.39, 0.29) is 6.61 Å². The van der Waals surface area contributed by atoms with Crippen LogP contribution in [0.5, 0.6) is 5.75 Å². The highest BCUT2D eigenvalue weighted by Crippen LogP contribution is 2.40. The van der Waals surface area contributed by atoms with Gasteiger partial charge in [-0.25, -0.2) is 14.9 Å². The average molecular weight is 586 g/mol. The quantitative estimate of drug-likeness (QED) is 0.130. The summed E-state index contributed by atoms with van der Waals surface area (Å²) in [5.74, 6) is -1.22.